The fourth-order valence-corrected chi connectivity index (χ4v) is 11.8. The van der Waals surface area contributed by atoms with Gasteiger partial charge in [0.1, 0.15) is 34.0 Å². The first-order valence-electron chi connectivity index (χ1n) is 20.4. The van der Waals surface area contributed by atoms with Crippen LogP contribution in [-0.4, -0.2) is 0 Å². The van der Waals surface area contributed by atoms with Crippen molar-refractivity contribution < 1.29 is 13.9 Å². The normalized spacial score (nSPS) is 17.1. The van der Waals surface area contributed by atoms with Gasteiger partial charge in [0.15, 0.2) is 22.8 Å². The quantitative estimate of drug-likeness (QED) is 0.165. The van der Waals surface area contributed by atoms with Crippen LogP contribution in [0.25, 0.3) is 33.6 Å². The van der Waals surface area contributed by atoms with E-state index in [9.17, 15) is 0 Å². The number of aromatic nitrogens is 2. The van der Waals surface area contributed by atoms with Crippen molar-refractivity contribution in [2.45, 2.75) is 44.2 Å². The van der Waals surface area contributed by atoms with Gasteiger partial charge in [-0.05, 0) is 58.7 Å². The molecule has 6 aliphatic rings. The van der Waals surface area contributed by atoms with Crippen molar-refractivity contribution >= 4 is 34.4 Å². The third kappa shape index (κ3) is 3.30. The summed E-state index contributed by atoms with van der Waals surface area (Å²) in [6.45, 7) is 9.57. The molecule has 8 heterocycles. The molecule has 14 rings (SSSR count). The monoisotopic (exact) mass is 746 g/mol. The Kier molecular flexibility index (Phi) is 5.33. The van der Waals surface area contributed by atoms with Crippen LogP contribution < -0.4 is 23.7 Å². The topological polar surface area (TPSA) is 23.5 Å². The Labute approximate surface area is 337 Å². The maximum atomic E-state index is 7.28. The third-order valence-corrected chi connectivity index (χ3v) is 14.3. The lowest BCUT2D eigenvalue weighted by atomic mass is 9.67. The molecular formula is C53H38N4O+2. The minimum Gasteiger partial charge on any atom is -0.456 e. The smallest absolute Gasteiger partial charge is 0.323 e. The van der Waals surface area contributed by atoms with Gasteiger partial charge in [-0.25, -0.2) is 0 Å². The van der Waals surface area contributed by atoms with Gasteiger partial charge in [0.25, 0.3) is 11.6 Å². The molecule has 5 nitrogen and oxygen atoms in total. The molecule has 2 aromatic heterocycles. The van der Waals surface area contributed by atoms with Gasteiger partial charge < -0.3 is 4.74 Å². The third-order valence-electron chi connectivity index (χ3n) is 14.3. The van der Waals surface area contributed by atoms with Crippen LogP contribution in [0.1, 0.15) is 61.1 Å². The van der Waals surface area contributed by atoms with Crippen LogP contribution in [0.15, 0.2) is 158 Å². The van der Waals surface area contributed by atoms with Crippen LogP contribution in [-0.2, 0) is 16.5 Å². The Hall–Kier alpha value is -6.98. The fourth-order valence-electron chi connectivity index (χ4n) is 11.8. The second kappa shape index (κ2) is 9.93. The Balaban J connectivity index is 1.25. The highest BCUT2D eigenvalue weighted by Crippen LogP contribution is 2.68. The summed E-state index contributed by atoms with van der Waals surface area (Å²) in [5.74, 6) is 4.11. The zero-order valence-corrected chi connectivity index (χ0v) is 32.7. The summed E-state index contributed by atoms with van der Waals surface area (Å²) in [6.07, 6.45) is 0. The van der Waals surface area contributed by atoms with E-state index in [4.69, 9.17) is 4.74 Å². The Morgan fingerprint density at radius 1 is 0.414 bits per heavy atom. The molecule has 0 N–H and O–H groups in total. The van der Waals surface area contributed by atoms with E-state index in [0.29, 0.717) is 0 Å². The minimum atomic E-state index is -0.781. The molecule has 0 fully saturated rings. The molecular weight excluding hydrogens is 709 g/mol. The number of anilines is 6. The summed E-state index contributed by atoms with van der Waals surface area (Å²) in [5.41, 5.74) is 18.3. The van der Waals surface area contributed by atoms with E-state index < -0.39 is 5.66 Å². The standard InChI is InChI=1S/C53H38N4O/c1-51(2)35-19-11-13-21-39(35)54-45-29-33(31-15-7-5-8-16-31)27-41-42-28-34(32-17-9-6-10-18-32)30-46-55-40-22-14-12-20-36(40)52(3,4)38-24-26-44-48(50(38)55)53(56(41)45,57(42)46)47-43(58-44)25-23-37(51)49(47)54/h5-30H,1-4H3/q+2. The summed E-state index contributed by atoms with van der Waals surface area (Å²) in [7, 11) is 0. The lowest BCUT2D eigenvalue weighted by molar-refractivity contribution is -0.929. The van der Waals surface area contributed by atoms with Crippen molar-refractivity contribution in [3.63, 3.8) is 0 Å². The van der Waals surface area contributed by atoms with Crippen molar-refractivity contribution in [1.82, 2.24) is 0 Å². The van der Waals surface area contributed by atoms with E-state index in [-0.39, 0.29) is 10.8 Å². The first-order chi connectivity index (χ1) is 28.3. The van der Waals surface area contributed by atoms with Gasteiger partial charge in [-0.2, -0.15) is 18.9 Å². The molecule has 0 saturated carbocycles. The van der Waals surface area contributed by atoms with Crippen molar-refractivity contribution in [2.75, 3.05) is 9.80 Å². The van der Waals surface area contributed by atoms with Crippen molar-refractivity contribution in [3.05, 3.63) is 191 Å². The molecule has 0 aliphatic carbocycles. The molecule has 0 bridgehead atoms. The molecule has 1 spiro atoms. The van der Waals surface area contributed by atoms with E-state index in [0.717, 1.165) is 23.1 Å². The largest absolute Gasteiger partial charge is 0.456 e. The van der Waals surface area contributed by atoms with Gasteiger partial charge in [0, 0.05) is 45.2 Å². The Bertz CT molecular complexity index is 3000. The first kappa shape index (κ1) is 31.1. The lowest BCUT2D eigenvalue weighted by Crippen LogP contribution is -2.76. The number of fused-ring (bicyclic) bond motifs is 7. The summed E-state index contributed by atoms with van der Waals surface area (Å²) >= 11 is 0. The minimum absolute atomic E-state index is 0.264. The fraction of sp³-hybridized carbons (Fsp3) is 0.132. The number of nitrogens with zero attached hydrogens (tertiary/aromatic N) is 4. The van der Waals surface area contributed by atoms with E-state index in [1.807, 2.05) is 0 Å². The van der Waals surface area contributed by atoms with Crippen molar-refractivity contribution in [3.8, 4) is 45.1 Å². The number of rotatable bonds is 2. The predicted octanol–water partition coefficient (Wildman–Crippen LogP) is 11.8. The van der Waals surface area contributed by atoms with Gasteiger partial charge in [0.2, 0.25) is 0 Å². The van der Waals surface area contributed by atoms with Crippen LogP contribution in [0.4, 0.5) is 34.4 Å². The van der Waals surface area contributed by atoms with Crippen LogP contribution in [0.2, 0.25) is 0 Å². The molecule has 0 unspecified atom stereocenters. The SMILES string of the molecule is CC1(C)c2ccccc2N2c3c1ccc1c3C34c5c(ccc6c5N(c5ccccc5C6(C)C)c5cc(-c6ccccc6)cc([n+]53)-c3cc(-c5ccccc5)cc2[n+]34)O1. The van der Waals surface area contributed by atoms with Gasteiger partial charge in [-0.3, -0.25) is 0 Å². The molecule has 0 radical (unpaired) electrons. The highest BCUT2D eigenvalue weighted by atomic mass is 16.5. The number of hydrogen-bond donors (Lipinski definition) is 0. The molecule has 5 heteroatoms. The molecule has 8 aromatic rings. The predicted molar refractivity (Wildman–Crippen MR) is 228 cm³/mol. The number of para-hydroxylation sites is 2. The molecule has 0 atom stereocenters. The molecule has 0 amide bonds. The zero-order valence-electron chi connectivity index (χ0n) is 32.7. The Morgan fingerprint density at radius 2 is 0.828 bits per heavy atom. The number of benzene rings is 6. The van der Waals surface area contributed by atoms with Crippen molar-refractivity contribution in [2.24, 2.45) is 0 Å². The second-order valence-electron chi connectivity index (χ2n) is 17.8. The van der Waals surface area contributed by atoms with Crippen LogP contribution >= 0.6 is 0 Å². The van der Waals surface area contributed by atoms with Crippen molar-refractivity contribution in [1.29, 1.82) is 0 Å². The van der Waals surface area contributed by atoms with E-state index in [2.05, 4.69) is 204 Å². The molecule has 6 aromatic carbocycles. The highest BCUT2D eigenvalue weighted by Gasteiger charge is 2.73. The van der Waals surface area contributed by atoms with E-state index in [1.165, 1.54) is 89.8 Å². The van der Waals surface area contributed by atoms with Gasteiger partial charge >= 0.3 is 5.66 Å². The molecule has 6 aliphatic heterocycles. The molecule has 58 heavy (non-hydrogen) atoms. The van der Waals surface area contributed by atoms with E-state index in [1.54, 1.807) is 0 Å². The average molecular weight is 747 g/mol. The summed E-state index contributed by atoms with van der Waals surface area (Å²) in [6, 6.07) is 58.8. The maximum absolute atomic E-state index is 7.28. The van der Waals surface area contributed by atoms with E-state index >= 15 is 0 Å². The second-order valence-corrected chi connectivity index (χ2v) is 17.8. The van der Waals surface area contributed by atoms with Crippen LogP contribution in [0.5, 0.6) is 11.5 Å². The Morgan fingerprint density at radius 3 is 1.28 bits per heavy atom. The van der Waals surface area contributed by atoms with Crippen LogP contribution in [0, 0.1) is 0 Å². The molecule has 0 saturated heterocycles. The molecule has 274 valence electrons. The highest BCUT2D eigenvalue weighted by molar-refractivity contribution is 5.96. The number of pyridine rings is 2. The van der Waals surface area contributed by atoms with Gasteiger partial charge in [-0.15, -0.1) is 0 Å². The number of hydrogen-bond acceptors (Lipinski definition) is 3. The summed E-state index contributed by atoms with van der Waals surface area (Å²) < 4.78 is 12.6. The first-order valence-corrected chi connectivity index (χ1v) is 20.4. The lowest BCUT2D eigenvalue weighted by Gasteiger charge is -2.49. The average Bonchev–Trinajstić information content (AvgIpc) is 3.55. The summed E-state index contributed by atoms with van der Waals surface area (Å²) in [4.78, 5) is 5.13. The number of ether oxygens (including phenoxy) is 1. The summed E-state index contributed by atoms with van der Waals surface area (Å²) in [5, 5.41) is 0. The van der Waals surface area contributed by atoms with Gasteiger partial charge in [0.05, 0.1) is 0 Å². The van der Waals surface area contributed by atoms with Gasteiger partial charge in [-0.1, -0.05) is 137 Å². The van der Waals surface area contributed by atoms with Crippen LogP contribution in [0.3, 0.4) is 0 Å². The zero-order chi connectivity index (χ0) is 38.4. The maximum Gasteiger partial charge on any atom is 0.323 e.